The van der Waals surface area contributed by atoms with Gasteiger partial charge in [0, 0.05) is 33.7 Å². The normalized spacial score (nSPS) is 19.6. The summed E-state index contributed by atoms with van der Waals surface area (Å²) in [6.45, 7) is 6.67. The summed E-state index contributed by atoms with van der Waals surface area (Å²) in [7, 11) is 3.58. The van der Waals surface area contributed by atoms with Gasteiger partial charge in [-0.05, 0) is 26.8 Å². The van der Waals surface area contributed by atoms with Gasteiger partial charge >= 0.3 is 0 Å². The summed E-state index contributed by atoms with van der Waals surface area (Å²) in [6, 6.07) is 0. The van der Waals surface area contributed by atoms with Crippen LogP contribution in [0.3, 0.4) is 0 Å². The third kappa shape index (κ3) is 3.67. The highest BCUT2D eigenvalue weighted by Crippen LogP contribution is 2.21. The van der Waals surface area contributed by atoms with E-state index in [4.69, 9.17) is 5.73 Å². The Hall–Kier alpha value is -1.14. The Morgan fingerprint density at radius 3 is 2.63 bits per heavy atom. The van der Waals surface area contributed by atoms with Gasteiger partial charge in [0.2, 0.25) is 11.8 Å². The van der Waals surface area contributed by atoms with Gasteiger partial charge in [-0.15, -0.1) is 0 Å². The first-order valence-corrected chi connectivity index (χ1v) is 6.75. The van der Waals surface area contributed by atoms with E-state index in [0.717, 1.165) is 13.0 Å². The van der Waals surface area contributed by atoms with Crippen LogP contribution < -0.4 is 5.73 Å². The molecule has 0 aromatic rings. The van der Waals surface area contributed by atoms with Crippen LogP contribution in [0.4, 0.5) is 0 Å². The van der Waals surface area contributed by atoms with Crippen LogP contribution in [0.15, 0.2) is 0 Å². The van der Waals surface area contributed by atoms with Crippen LogP contribution in [0, 0.1) is 0 Å². The van der Waals surface area contributed by atoms with Crippen molar-refractivity contribution in [1.82, 2.24) is 14.7 Å². The van der Waals surface area contributed by atoms with Crippen LogP contribution in [0.25, 0.3) is 0 Å². The van der Waals surface area contributed by atoms with Crippen LogP contribution in [0.2, 0.25) is 0 Å². The van der Waals surface area contributed by atoms with Crippen molar-refractivity contribution in [2.24, 2.45) is 5.73 Å². The summed E-state index contributed by atoms with van der Waals surface area (Å²) in [5.74, 6) is 0.107. The number of nitrogens with two attached hydrogens (primary N) is 1. The Balaban J connectivity index is 2.61. The summed E-state index contributed by atoms with van der Waals surface area (Å²) < 4.78 is 0. The Labute approximate surface area is 115 Å². The van der Waals surface area contributed by atoms with Crippen molar-refractivity contribution in [3.8, 4) is 0 Å². The van der Waals surface area contributed by atoms with E-state index in [1.165, 1.54) is 0 Å². The van der Waals surface area contributed by atoms with Crippen LogP contribution in [-0.2, 0) is 9.59 Å². The molecule has 110 valence electrons. The van der Waals surface area contributed by atoms with Crippen molar-refractivity contribution in [3.63, 3.8) is 0 Å². The number of rotatable bonds is 5. The summed E-state index contributed by atoms with van der Waals surface area (Å²) >= 11 is 0. The first kappa shape index (κ1) is 15.9. The lowest BCUT2D eigenvalue weighted by Crippen LogP contribution is -2.63. The number of nitrogens with zero attached hydrogens (tertiary/aromatic N) is 3. The zero-order valence-electron chi connectivity index (χ0n) is 12.5. The minimum atomic E-state index is -0.614. The van der Waals surface area contributed by atoms with Gasteiger partial charge in [-0.3, -0.25) is 14.5 Å². The molecule has 2 amide bonds. The SMILES string of the molecule is CN(CCCN)C(=O)CN1CCN(C)C(=O)C1(C)C. The van der Waals surface area contributed by atoms with Gasteiger partial charge in [0.25, 0.3) is 0 Å². The van der Waals surface area contributed by atoms with E-state index in [0.29, 0.717) is 19.6 Å². The molecule has 0 radical (unpaired) electrons. The highest BCUT2D eigenvalue weighted by molar-refractivity contribution is 5.87. The number of amides is 2. The Bertz CT molecular complexity index is 344. The number of hydrogen-bond acceptors (Lipinski definition) is 4. The molecule has 6 nitrogen and oxygen atoms in total. The van der Waals surface area contributed by atoms with E-state index in [1.807, 2.05) is 18.7 Å². The second kappa shape index (κ2) is 6.34. The van der Waals surface area contributed by atoms with Crippen LogP contribution in [-0.4, -0.2) is 78.9 Å². The standard InChI is InChI=1S/C13H26N4O2/c1-13(2)12(19)16(4)8-9-17(13)10-11(18)15(3)7-5-6-14/h5-10,14H2,1-4H3. The molecular weight excluding hydrogens is 244 g/mol. The molecule has 1 heterocycles. The van der Waals surface area contributed by atoms with E-state index >= 15 is 0 Å². The number of piperazine rings is 1. The van der Waals surface area contributed by atoms with Crippen molar-refractivity contribution in [1.29, 1.82) is 0 Å². The fourth-order valence-electron chi connectivity index (χ4n) is 2.27. The topological polar surface area (TPSA) is 69.9 Å². The van der Waals surface area contributed by atoms with Gasteiger partial charge in [0.05, 0.1) is 12.1 Å². The van der Waals surface area contributed by atoms with E-state index in [9.17, 15) is 9.59 Å². The third-order valence-electron chi connectivity index (χ3n) is 3.82. The lowest BCUT2D eigenvalue weighted by atomic mass is 9.98. The molecule has 1 rings (SSSR count). The Morgan fingerprint density at radius 2 is 2.05 bits per heavy atom. The molecule has 0 aromatic carbocycles. The zero-order valence-corrected chi connectivity index (χ0v) is 12.5. The van der Waals surface area contributed by atoms with E-state index < -0.39 is 5.54 Å². The molecule has 1 fully saturated rings. The molecule has 1 aliphatic heterocycles. The minimum Gasteiger partial charge on any atom is -0.345 e. The quantitative estimate of drug-likeness (QED) is 0.720. The fourth-order valence-corrected chi connectivity index (χ4v) is 2.27. The first-order chi connectivity index (χ1) is 8.80. The molecule has 0 saturated carbocycles. The summed E-state index contributed by atoms with van der Waals surface area (Å²) in [6.07, 6.45) is 0.799. The van der Waals surface area contributed by atoms with E-state index in [-0.39, 0.29) is 18.4 Å². The molecule has 0 atom stereocenters. The van der Waals surface area contributed by atoms with Gasteiger partial charge in [-0.2, -0.15) is 0 Å². The van der Waals surface area contributed by atoms with Crippen LogP contribution in [0.5, 0.6) is 0 Å². The monoisotopic (exact) mass is 270 g/mol. The maximum absolute atomic E-state index is 12.1. The molecule has 1 saturated heterocycles. The molecule has 0 unspecified atom stereocenters. The minimum absolute atomic E-state index is 0.0406. The lowest BCUT2D eigenvalue weighted by molar-refractivity contribution is -0.149. The average molecular weight is 270 g/mol. The maximum Gasteiger partial charge on any atom is 0.242 e. The van der Waals surface area contributed by atoms with Gasteiger partial charge in [0.1, 0.15) is 0 Å². The maximum atomic E-state index is 12.1. The molecule has 1 aliphatic rings. The highest BCUT2D eigenvalue weighted by atomic mass is 16.2. The fraction of sp³-hybridized carbons (Fsp3) is 0.846. The smallest absolute Gasteiger partial charge is 0.242 e. The highest BCUT2D eigenvalue weighted by Gasteiger charge is 2.41. The third-order valence-corrected chi connectivity index (χ3v) is 3.82. The molecule has 2 N–H and O–H groups in total. The predicted molar refractivity (Wildman–Crippen MR) is 74.6 cm³/mol. The van der Waals surface area contributed by atoms with E-state index in [2.05, 4.69) is 0 Å². The number of carbonyl (C=O) groups excluding carboxylic acids is 2. The number of carbonyl (C=O) groups is 2. The largest absolute Gasteiger partial charge is 0.345 e. The Kier molecular flexibility index (Phi) is 5.31. The Morgan fingerprint density at radius 1 is 1.42 bits per heavy atom. The summed E-state index contributed by atoms with van der Waals surface area (Å²) in [5, 5.41) is 0. The molecular formula is C13H26N4O2. The van der Waals surface area contributed by atoms with Gasteiger partial charge in [-0.25, -0.2) is 0 Å². The van der Waals surface area contributed by atoms with Crippen molar-refractivity contribution in [3.05, 3.63) is 0 Å². The molecule has 0 aromatic heterocycles. The summed E-state index contributed by atoms with van der Waals surface area (Å²) in [4.78, 5) is 29.6. The van der Waals surface area contributed by atoms with Crippen molar-refractivity contribution in [2.75, 3.05) is 46.8 Å². The zero-order chi connectivity index (χ0) is 14.6. The predicted octanol–water partition coefficient (Wildman–Crippen LogP) is -0.654. The second-order valence-corrected chi connectivity index (χ2v) is 5.66. The molecule has 0 spiro atoms. The van der Waals surface area contributed by atoms with E-state index in [1.54, 1.807) is 23.9 Å². The second-order valence-electron chi connectivity index (χ2n) is 5.66. The van der Waals surface area contributed by atoms with Gasteiger partial charge in [0.15, 0.2) is 0 Å². The van der Waals surface area contributed by atoms with Crippen LogP contribution >= 0.6 is 0 Å². The van der Waals surface area contributed by atoms with Crippen molar-refractivity contribution in [2.45, 2.75) is 25.8 Å². The summed E-state index contributed by atoms with van der Waals surface area (Å²) in [5.41, 5.74) is 4.83. The van der Waals surface area contributed by atoms with Crippen molar-refractivity contribution < 1.29 is 9.59 Å². The molecule has 19 heavy (non-hydrogen) atoms. The van der Waals surface area contributed by atoms with Crippen LogP contribution in [0.1, 0.15) is 20.3 Å². The molecule has 0 aliphatic carbocycles. The number of hydrogen-bond donors (Lipinski definition) is 1. The number of likely N-dealkylation sites (N-methyl/N-ethyl adjacent to an activating group) is 2. The molecule has 6 heteroatoms. The van der Waals surface area contributed by atoms with Gasteiger partial charge in [-0.1, -0.05) is 0 Å². The molecule has 0 bridgehead atoms. The lowest BCUT2D eigenvalue weighted by Gasteiger charge is -2.44. The first-order valence-electron chi connectivity index (χ1n) is 6.75. The average Bonchev–Trinajstić information content (AvgIpc) is 2.37. The van der Waals surface area contributed by atoms with Gasteiger partial charge < -0.3 is 15.5 Å². The van der Waals surface area contributed by atoms with Crippen molar-refractivity contribution >= 4 is 11.8 Å².